The number of hydrogen-bond acceptors (Lipinski definition) is 4. The summed E-state index contributed by atoms with van der Waals surface area (Å²) < 4.78 is 20.4. The van der Waals surface area contributed by atoms with Crippen molar-refractivity contribution in [1.82, 2.24) is 9.88 Å². The Kier molecular flexibility index (Phi) is 3.78. The summed E-state index contributed by atoms with van der Waals surface area (Å²) in [6.07, 6.45) is -0.0862. The molecule has 1 aliphatic rings. The first kappa shape index (κ1) is 14.9. The highest BCUT2D eigenvalue weighted by Gasteiger charge is 2.33. The standard InChI is InChI=1S/C17H14FN3O2S/c18-12-5-1-2-6-13(12)19-16(22)21-9-11(10-21)23-17-20-14-7-3-4-8-15(14)24-17/h1-8,11H,9-10H2,(H,19,22). The van der Waals surface area contributed by atoms with Crippen molar-refractivity contribution >= 4 is 33.3 Å². The number of benzene rings is 2. The van der Waals surface area contributed by atoms with Gasteiger partial charge in [0.1, 0.15) is 11.9 Å². The number of urea groups is 1. The predicted molar refractivity (Wildman–Crippen MR) is 91.0 cm³/mol. The molecular formula is C17H14FN3O2S. The Balaban J connectivity index is 1.33. The zero-order chi connectivity index (χ0) is 16.5. The average molecular weight is 343 g/mol. The molecule has 1 saturated heterocycles. The Labute approximate surface area is 141 Å². The highest BCUT2D eigenvalue weighted by molar-refractivity contribution is 7.20. The summed E-state index contributed by atoms with van der Waals surface area (Å²) in [6, 6.07) is 13.6. The van der Waals surface area contributed by atoms with Crippen molar-refractivity contribution in [3.63, 3.8) is 0 Å². The molecule has 0 saturated carbocycles. The van der Waals surface area contributed by atoms with Crippen molar-refractivity contribution in [1.29, 1.82) is 0 Å². The second kappa shape index (κ2) is 6.09. The molecule has 5 nitrogen and oxygen atoms in total. The lowest BCUT2D eigenvalue weighted by molar-refractivity contribution is 0.0492. The van der Waals surface area contributed by atoms with Crippen molar-refractivity contribution in [3.05, 3.63) is 54.3 Å². The zero-order valence-electron chi connectivity index (χ0n) is 12.6. The number of nitrogens with zero attached hydrogens (tertiary/aromatic N) is 2. The highest BCUT2D eigenvalue weighted by atomic mass is 32.1. The molecule has 0 unspecified atom stereocenters. The number of thiazole rings is 1. The molecule has 3 aromatic rings. The van der Waals surface area contributed by atoms with E-state index >= 15 is 0 Å². The van der Waals surface area contributed by atoms with Gasteiger partial charge < -0.3 is 15.0 Å². The maximum atomic E-state index is 13.5. The first-order chi connectivity index (χ1) is 11.7. The van der Waals surface area contributed by atoms with Gasteiger partial charge in [-0.15, -0.1) is 0 Å². The van der Waals surface area contributed by atoms with Crippen LogP contribution in [0.15, 0.2) is 48.5 Å². The van der Waals surface area contributed by atoms with Gasteiger partial charge in [-0.2, -0.15) is 0 Å². The van der Waals surface area contributed by atoms with Crippen LogP contribution in [-0.2, 0) is 0 Å². The van der Waals surface area contributed by atoms with E-state index in [0.717, 1.165) is 10.2 Å². The van der Waals surface area contributed by atoms with Gasteiger partial charge in [0.15, 0.2) is 0 Å². The number of amides is 2. The van der Waals surface area contributed by atoms with E-state index < -0.39 is 5.82 Å². The average Bonchev–Trinajstić information content (AvgIpc) is 2.95. The van der Waals surface area contributed by atoms with Gasteiger partial charge >= 0.3 is 6.03 Å². The summed E-state index contributed by atoms with van der Waals surface area (Å²) in [5.74, 6) is -0.450. The number of anilines is 1. The molecule has 2 amide bonds. The Hall–Kier alpha value is -2.67. The summed E-state index contributed by atoms with van der Waals surface area (Å²) in [6.45, 7) is 0.909. The Morgan fingerprint density at radius 3 is 2.75 bits per heavy atom. The number of para-hydroxylation sites is 2. The van der Waals surface area contributed by atoms with Crippen LogP contribution in [0.2, 0.25) is 0 Å². The van der Waals surface area contributed by atoms with Gasteiger partial charge in [-0.1, -0.05) is 35.6 Å². The summed E-state index contributed by atoms with van der Waals surface area (Å²) in [7, 11) is 0. The molecule has 2 heterocycles. The van der Waals surface area contributed by atoms with Crippen molar-refractivity contribution in [2.24, 2.45) is 0 Å². The Morgan fingerprint density at radius 1 is 1.21 bits per heavy atom. The molecule has 1 aliphatic heterocycles. The first-order valence-electron chi connectivity index (χ1n) is 7.52. The minimum Gasteiger partial charge on any atom is -0.463 e. The van der Waals surface area contributed by atoms with Crippen molar-refractivity contribution in [3.8, 4) is 5.19 Å². The predicted octanol–water partition coefficient (Wildman–Crippen LogP) is 3.73. The molecular weight excluding hydrogens is 329 g/mol. The first-order valence-corrected chi connectivity index (χ1v) is 8.33. The molecule has 7 heteroatoms. The number of likely N-dealkylation sites (tertiary alicyclic amines) is 1. The summed E-state index contributed by atoms with van der Waals surface area (Å²) in [5, 5.41) is 3.17. The molecule has 0 bridgehead atoms. The van der Waals surface area contributed by atoms with Gasteiger partial charge in [-0.3, -0.25) is 0 Å². The molecule has 4 rings (SSSR count). The van der Waals surface area contributed by atoms with Crippen molar-refractivity contribution < 1.29 is 13.9 Å². The minimum atomic E-state index is -0.450. The number of carbonyl (C=O) groups is 1. The highest BCUT2D eigenvalue weighted by Crippen LogP contribution is 2.29. The lowest BCUT2D eigenvalue weighted by Gasteiger charge is -2.38. The number of hydrogen-bond donors (Lipinski definition) is 1. The van der Waals surface area contributed by atoms with Crippen LogP contribution >= 0.6 is 11.3 Å². The summed E-state index contributed by atoms with van der Waals surface area (Å²) in [5.41, 5.74) is 1.09. The van der Waals surface area contributed by atoms with Crippen LogP contribution in [0.3, 0.4) is 0 Å². The van der Waals surface area contributed by atoms with Crippen molar-refractivity contribution in [2.75, 3.05) is 18.4 Å². The largest absolute Gasteiger partial charge is 0.463 e. The maximum absolute atomic E-state index is 13.5. The van der Waals surface area contributed by atoms with Gasteiger partial charge in [0, 0.05) is 0 Å². The fraction of sp³-hybridized carbons (Fsp3) is 0.176. The summed E-state index contributed by atoms with van der Waals surface area (Å²) in [4.78, 5) is 18.1. The van der Waals surface area contributed by atoms with Crippen LogP contribution in [0.4, 0.5) is 14.9 Å². The van der Waals surface area contributed by atoms with Gasteiger partial charge in [0.25, 0.3) is 5.19 Å². The number of fused-ring (bicyclic) bond motifs is 1. The van der Waals surface area contributed by atoms with E-state index in [4.69, 9.17) is 4.74 Å². The van der Waals surface area contributed by atoms with Gasteiger partial charge in [0.05, 0.1) is 29.0 Å². The van der Waals surface area contributed by atoms with Crippen LogP contribution in [0.5, 0.6) is 5.19 Å². The van der Waals surface area contributed by atoms with Crippen LogP contribution in [0.1, 0.15) is 0 Å². The van der Waals surface area contributed by atoms with E-state index in [-0.39, 0.29) is 17.8 Å². The van der Waals surface area contributed by atoms with Crippen LogP contribution in [-0.4, -0.2) is 35.1 Å². The number of rotatable bonds is 3. The number of ether oxygens (including phenoxy) is 1. The van der Waals surface area contributed by atoms with E-state index in [9.17, 15) is 9.18 Å². The van der Waals surface area contributed by atoms with E-state index in [1.165, 1.54) is 23.5 Å². The third-order valence-corrected chi connectivity index (χ3v) is 4.72. The zero-order valence-corrected chi connectivity index (χ0v) is 13.4. The monoisotopic (exact) mass is 343 g/mol. The molecule has 1 N–H and O–H groups in total. The molecule has 0 aliphatic carbocycles. The molecule has 1 fully saturated rings. The lowest BCUT2D eigenvalue weighted by Crippen LogP contribution is -2.57. The molecule has 0 radical (unpaired) electrons. The number of nitrogens with one attached hydrogen (secondary N) is 1. The van der Waals surface area contributed by atoms with E-state index in [1.807, 2.05) is 24.3 Å². The van der Waals surface area contributed by atoms with Crippen LogP contribution in [0, 0.1) is 5.82 Å². The minimum absolute atomic E-state index is 0.0862. The van der Waals surface area contributed by atoms with E-state index in [1.54, 1.807) is 17.0 Å². The smallest absolute Gasteiger partial charge is 0.322 e. The fourth-order valence-electron chi connectivity index (χ4n) is 2.48. The molecule has 122 valence electrons. The van der Waals surface area contributed by atoms with Crippen LogP contribution < -0.4 is 10.1 Å². The Bertz CT molecular complexity index is 859. The third kappa shape index (κ3) is 2.90. The molecule has 0 atom stereocenters. The van der Waals surface area contributed by atoms with E-state index in [2.05, 4.69) is 10.3 Å². The SMILES string of the molecule is O=C(Nc1ccccc1F)N1CC(Oc2nc3ccccc3s2)C1. The maximum Gasteiger partial charge on any atom is 0.322 e. The number of halogens is 1. The number of carbonyl (C=O) groups excluding carboxylic acids is 1. The third-order valence-electron chi connectivity index (χ3n) is 3.79. The van der Waals surface area contributed by atoms with Crippen LogP contribution in [0.25, 0.3) is 10.2 Å². The Morgan fingerprint density at radius 2 is 1.96 bits per heavy atom. The topological polar surface area (TPSA) is 54.5 Å². The fourth-order valence-corrected chi connectivity index (χ4v) is 3.36. The molecule has 0 spiro atoms. The number of aromatic nitrogens is 1. The van der Waals surface area contributed by atoms with Crippen molar-refractivity contribution in [2.45, 2.75) is 6.10 Å². The quantitative estimate of drug-likeness (QED) is 0.788. The second-order valence-corrected chi connectivity index (χ2v) is 6.50. The van der Waals surface area contributed by atoms with Gasteiger partial charge in [-0.25, -0.2) is 14.2 Å². The lowest BCUT2D eigenvalue weighted by atomic mass is 10.2. The molecule has 1 aromatic heterocycles. The molecule has 24 heavy (non-hydrogen) atoms. The normalized spacial score (nSPS) is 14.5. The molecule has 2 aromatic carbocycles. The summed E-state index contributed by atoms with van der Waals surface area (Å²) >= 11 is 1.49. The van der Waals surface area contributed by atoms with Gasteiger partial charge in [0.2, 0.25) is 0 Å². The van der Waals surface area contributed by atoms with Gasteiger partial charge in [-0.05, 0) is 24.3 Å². The second-order valence-electron chi connectivity index (χ2n) is 5.50. The van der Waals surface area contributed by atoms with E-state index in [0.29, 0.717) is 18.3 Å².